The Morgan fingerprint density at radius 2 is 1.84 bits per heavy atom. The van der Waals surface area contributed by atoms with Crippen molar-refractivity contribution in [3.8, 4) is 11.5 Å². The number of fused-ring (bicyclic) bond motifs is 1. The lowest BCUT2D eigenvalue weighted by Crippen LogP contribution is -2.44. The predicted molar refractivity (Wildman–Crippen MR) is 150 cm³/mol. The molecule has 3 aromatic rings. The maximum absolute atomic E-state index is 15.6. The summed E-state index contributed by atoms with van der Waals surface area (Å²) in [4.78, 5) is 20.2. The Kier molecular flexibility index (Phi) is 9.74. The molecule has 1 atom stereocenters. The molecule has 1 aliphatic heterocycles. The summed E-state index contributed by atoms with van der Waals surface area (Å²) in [5.41, 5.74) is 0.0493. The lowest BCUT2D eigenvalue weighted by atomic mass is 9.74. The van der Waals surface area contributed by atoms with Crippen molar-refractivity contribution in [2.24, 2.45) is 5.41 Å². The lowest BCUT2D eigenvalue weighted by Gasteiger charge is -2.39. The van der Waals surface area contributed by atoms with Gasteiger partial charge in [-0.2, -0.15) is 0 Å². The summed E-state index contributed by atoms with van der Waals surface area (Å²) in [6, 6.07) is 13.3. The van der Waals surface area contributed by atoms with Crippen LogP contribution < -0.4 is 9.47 Å². The van der Waals surface area contributed by atoms with E-state index in [0.717, 1.165) is 24.5 Å². The van der Waals surface area contributed by atoms with Gasteiger partial charge in [0.25, 0.3) is 0 Å². The molecule has 2 aromatic carbocycles. The van der Waals surface area contributed by atoms with Crippen LogP contribution in [0.3, 0.4) is 0 Å². The molecule has 2 heterocycles. The average Bonchev–Trinajstić information content (AvgIpc) is 2.94. The van der Waals surface area contributed by atoms with E-state index in [0.29, 0.717) is 48.1 Å². The number of piperidine rings is 1. The molecule has 0 spiro atoms. The minimum Gasteiger partial charge on any atom is -0.497 e. The van der Waals surface area contributed by atoms with Crippen LogP contribution in [-0.2, 0) is 4.79 Å². The van der Waals surface area contributed by atoms with Gasteiger partial charge in [-0.3, -0.25) is 9.78 Å². The number of ether oxygens (including phenoxy) is 2. The quantitative estimate of drug-likeness (QED) is 0.188. The zero-order chi connectivity index (χ0) is 27.1. The first kappa shape index (κ1) is 28.5. The van der Waals surface area contributed by atoms with E-state index >= 15 is 4.39 Å². The first-order valence-corrected chi connectivity index (χ1v) is 14.2. The van der Waals surface area contributed by atoms with Gasteiger partial charge in [-0.05, 0) is 100.0 Å². The molecular weight excluding hydrogens is 527 g/mol. The lowest BCUT2D eigenvalue weighted by molar-refractivity contribution is -0.153. The van der Waals surface area contributed by atoms with Gasteiger partial charge < -0.3 is 19.5 Å². The summed E-state index contributed by atoms with van der Waals surface area (Å²) in [5.74, 6) is 1.58. The topological polar surface area (TPSA) is 71.9 Å². The Labute approximate surface area is 232 Å². The van der Waals surface area contributed by atoms with Crippen molar-refractivity contribution in [1.29, 1.82) is 0 Å². The standard InChI is InChI=1S/C29H34ClFN2O4S/c1-36-20-4-7-22(8-5-20)38-17-3-14-33-15-12-29(13-16-33,28(34)35)11-10-25(31)27-23-18-21(37-2)6-9-26(23)32-19-24(27)30/h4-9,18-19,25H,3,10-17H2,1-2H3,(H,34,35). The van der Waals surface area contributed by atoms with Crippen molar-refractivity contribution in [3.05, 3.63) is 59.2 Å². The van der Waals surface area contributed by atoms with Crippen LogP contribution in [-0.4, -0.2) is 60.6 Å². The van der Waals surface area contributed by atoms with E-state index in [9.17, 15) is 9.90 Å². The number of methoxy groups -OCH3 is 2. The third-order valence-corrected chi connectivity index (χ3v) is 8.87. The fourth-order valence-corrected chi connectivity index (χ4v) is 6.19. The van der Waals surface area contributed by atoms with Crippen LogP contribution in [0.25, 0.3) is 10.9 Å². The zero-order valence-corrected chi connectivity index (χ0v) is 23.4. The molecule has 1 N–H and O–H groups in total. The third-order valence-electron chi connectivity index (χ3n) is 7.47. The number of hydrogen-bond donors (Lipinski definition) is 1. The maximum Gasteiger partial charge on any atom is 0.309 e. The number of alkyl halides is 1. The van der Waals surface area contributed by atoms with Crippen LogP contribution in [0.1, 0.15) is 43.8 Å². The molecule has 38 heavy (non-hydrogen) atoms. The first-order chi connectivity index (χ1) is 18.3. The van der Waals surface area contributed by atoms with Gasteiger partial charge in [-0.1, -0.05) is 11.6 Å². The first-order valence-electron chi connectivity index (χ1n) is 12.8. The van der Waals surface area contributed by atoms with E-state index < -0.39 is 17.6 Å². The maximum atomic E-state index is 15.6. The van der Waals surface area contributed by atoms with Crippen molar-refractivity contribution in [1.82, 2.24) is 9.88 Å². The van der Waals surface area contributed by atoms with Gasteiger partial charge in [0.2, 0.25) is 0 Å². The van der Waals surface area contributed by atoms with Gasteiger partial charge in [0.15, 0.2) is 0 Å². The summed E-state index contributed by atoms with van der Waals surface area (Å²) >= 11 is 8.18. The number of nitrogens with zero attached hydrogens (tertiary/aromatic N) is 2. The molecule has 1 saturated heterocycles. The Morgan fingerprint density at radius 1 is 1.16 bits per heavy atom. The van der Waals surface area contributed by atoms with Crippen LogP contribution >= 0.6 is 23.4 Å². The minimum atomic E-state index is -1.40. The second kappa shape index (κ2) is 13.0. The highest BCUT2D eigenvalue weighted by Gasteiger charge is 2.41. The second-order valence-electron chi connectivity index (χ2n) is 9.71. The normalized spacial score (nSPS) is 16.3. The van der Waals surface area contributed by atoms with Gasteiger partial charge in [0.05, 0.1) is 30.2 Å². The molecule has 6 nitrogen and oxygen atoms in total. The number of carboxylic acids is 1. The molecule has 0 radical (unpaired) electrons. The molecule has 1 fully saturated rings. The van der Waals surface area contributed by atoms with Gasteiger partial charge >= 0.3 is 5.97 Å². The van der Waals surface area contributed by atoms with E-state index in [1.165, 1.54) is 11.1 Å². The van der Waals surface area contributed by atoms with Gasteiger partial charge in [-0.15, -0.1) is 11.8 Å². The van der Waals surface area contributed by atoms with E-state index in [2.05, 4.69) is 22.0 Å². The van der Waals surface area contributed by atoms with E-state index in [4.69, 9.17) is 21.1 Å². The molecule has 9 heteroatoms. The predicted octanol–water partition coefficient (Wildman–Crippen LogP) is 7.05. The minimum absolute atomic E-state index is 0.0842. The zero-order valence-electron chi connectivity index (χ0n) is 21.8. The fourth-order valence-electron chi connectivity index (χ4n) is 5.09. The van der Waals surface area contributed by atoms with Crippen molar-refractivity contribution >= 4 is 40.2 Å². The van der Waals surface area contributed by atoms with Crippen molar-refractivity contribution in [3.63, 3.8) is 0 Å². The summed E-state index contributed by atoms with van der Waals surface area (Å²) in [6.45, 7) is 2.32. The number of rotatable bonds is 12. The molecule has 204 valence electrons. The summed E-state index contributed by atoms with van der Waals surface area (Å²) in [6.07, 6.45) is 2.44. The smallest absolute Gasteiger partial charge is 0.309 e. The van der Waals surface area contributed by atoms with E-state index in [-0.39, 0.29) is 17.9 Å². The highest BCUT2D eigenvalue weighted by atomic mass is 35.5. The molecule has 0 amide bonds. The van der Waals surface area contributed by atoms with Gasteiger partial charge in [0, 0.05) is 22.0 Å². The van der Waals surface area contributed by atoms with Crippen LogP contribution in [0, 0.1) is 5.41 Å². The van der Waals surface area contributed by atoms with Crippen LogP contribution in [0.5, 0.6) is 11.5 Å². The molecule has 0 aliphatic carbocycles. The van der Waals surface area contributed by atoms with Crippen molar-refractivity contribution in [2.75, 3.05) is 39.6 Å². The van der Waals surface area contributed by atoms with Crippen molar-refractivity contribution in [2.45, 2.75) is 43.2 Å². The van der Waals surface area contributed by atoms with Gasteiger partial charge in [-0.25, -0.2) is 4.39 Å². The molecule has 0 saturated carbocycles. The Hall–Kier alpha value is -2.55. The van der Waals surface area contributed by atoms with Crippen LogP contribution in [0.4, 0.5) is 4.39 Å². The largest absolute Gasteiger partial charge is 0.497 e. The highest BCUT2D eigenvalue weighted by Crippen LogP contribution is 2.42. The number of hydrogen-bond acceptors (Lipinski definition) is 6. The number of carbonyl (C=O) groups is 1. The Bertz CT molecular complexity index is 1240. The van der Waals surface area contributed by atoms with Crippen molar-refractivity contribution < 1.29 is 23.8 Å². The van der Waals surface area contributed by atoms with Crippen LogP contribution in [0.15, 0.2) is 53.6 Å². The molecule has 1 unspecified atom stereocenters. The molecule has 0 bridgehead atoms. The number of pyridine rings is 1. The summed E-state index contributed by atoms with van der Waals surface area (Å²) < 4.78 is 26.1. The number of carboxylic acid groups (broad SMARTS) is 1. The number of benzene rings is 2. The average molecular weight is 561 g/mol. The number of aromatic nitrogens is 1. The van der Waals surface area contributed by atoms with E-state index in [1.807, 2.05) is 12.1 Å². The van der Waals surface area contributed by atoms with Crippen LogP contribution in [0.2, 0.25) is 5.02 Å². The molecule has 4 rings (SSSR count). The highest BCUT2D eigenvalue weighted by molar-refractivity contribution is 7.99. The SMILES string of the molecule is COc1ccc(SCCCN2CCC(CCC(F)c3c(Cl)cnc4ccc(OC)cc34)(C(=O)O)CC2)cc1. The second-order valence-corrected chi connectivity index (χ2v) is 11.3. The molecule has 1 aliphatic rings. The Morgan fingerprint density at radius 3 is 2.50 bits per heavy atom. The fraction of sp³-hybridized carbons (Fsp3) is 0.448. The summed E-state index contributed by atoms with van der Waals surface area (Å²) in [5, 5.41) is 11.0. The van der Waals surface area contributed by atoms with E-state index in [1.54, 1.807) is 44.2 Å². The molecule has 1 aromatic heterocycles. The molecular formula is C29H34ClFN2O4S. The number of halogens is 2. The number of thioether (sulfide) groups is 1. The van der Waals surface area contributed by atoms with Gasteiger partial charge in [0.1, 0.15) is 17.7 Å². The third kappa shape index (κ3) is 6.71. The summed E-state index contributed by atoms with van der Waals surface area (Å²) in [7, 11) is 3.21. The Balaban J connectivity index is 1.31. The number of aliphatic carboxylic acids is 1. The number of likely N-dealkylation sites (tertiary alicyclic amines) is 1. The monoisotopic (exact) mass is 560 g/mol.